The fourth-order valence-corrected chi connectivity index (χ4v) is 3.26. The fourth-order valence-electron chi connectivity index (χ4n) is 2.33. The number of nitrogens with two attached hydrogens (primary N) is 1. The largest absolute Gasteiger partial charge is 0.330 e. The van der Waals surface area contributed by atoms with Crippen molar-refractivity contribution in [1.82, 2.24) is 0 Å². The highest BCUT2D eigenvalue weighted by molar-refractivity contribution is 7.98. The maximum atomic E-state index is 13.6. The van der Waals surface area contributed by atoms with Crippen molar-refractivity contribution in [2.45, 2.75) is 30.9 Å². The van der Waals surface area contributed by atoms with E-state index in [0.717, 1.165) is 22.6 Å². The lowest BCUT2D eigenvalue weighted by molar-refractivity contribution is 0.621. The number of hydrogen-bond acceptors (Lipinski definition) is 2. The molecule has 0 aliphatic carbocycles. The van der Waals surface area contributed by atoms with Crippen LogP contribution < -0.4 is 5.73 Å². The first-order valence-electron chi connectivity index (χ1n) is 6.76. The van der Waals surface area contributed by atoms with Crippen molar-refractivity contribution in [3.63, 3.8) is 0 Å². The summed E-state index contributed by atoms with van der Waals surface area (Å²) in [7, 11) is 0. The SMILES string of the molecule is Cc1cc(C)cc(CSc2cc(F)cc(CCN)c2)c1. The molecule has 0 radical (unpaired) electrons. The van der Waals surface area contributed by atoms with Crippen LogP contribution in [0.4, 0.5) is 4.39 Å². The summed E-state index contributed by atoms with van der Waals surface area (Å²) in [5, 5.41) is 0. The zero-order chi connectivity index (χ0) is 14.5. The minimum atomic E-state index is -0.182. The van der Waals surface area contributed by atoms with Crippen molar-refractivity contribution in [2.75, 3.05) is 6.54 Å². The lowest BCUT2D eigenvalue weighted by Crippen LogP contribution is -2.03. The highest BCUT2D eigenvalue weighted by atomic mass is 32.2. The van der Waals surface area contributed by atoms with Gasteiger partial charge in [0.2, 0.25) is 0 Å². The average Bonchev–Trinajstić information content (AvgIpc) is 2.35. The van der Waals surface area contributed by atoms with Crippen molar-refractivity contribution >= 4 is 11.8 Å². The van der Waals surface area contributed by atoms with Crippen LogP contribution in [0.3, 0.4) is 0 Å². The first-order valence-corrected chi connectivity index (χ1v) is 7.75. The average molecular weight is 289 g/mol. The molecule has 106 valence electrons. The van der Waals surface area contributed by atoms with Crippen molar-refractivity contribution < 1.29 is 4.39 Å². The molecule has 2 N–H and O–H groups in total. The summed E-state index contributed by atoms with van der Waals surface area (Å²) in [6.45, 7) is 4.75. The lowest BCUT2D eigenvalue weighted by atomic mass is 10.1. The minimum Gasteiger partial charge on any atom is -0.330 e. The Morgan fingerprint density at radius 3 is 2.30 bits per heavy atom. The van der Waals surface area contributed by atoms with Crippen molar-refractivity contribution in [1.29, 1.82) is 0 Å². The zero-order valence-corrected chi connectivity index (χ0v) is 12.8. The summed E-state index contributed by atoms with van der Waals surface area (Å²) in [4.78, 5) is 0.965. The molecular weight excluding hydrogens is 269 g/mol. The molecular formula is C17H20FNS. The van der Waals surface area contributed by atoms with Gasteiger partial charge in [-0.25, -0.2) is 4.39 Å². The zero-order valence-electron chi connectivity index (χ0n) is 11.9. The molecule has 0 amide bonds. The van der Waals surface area contributed by atoms with E-state index in [9.17, 15) is 4.39 Å². The normalized spacial score (nSPS) is 10.8. The van der Waals surface area contributed by atoms with Crippen LogP contribution in [0.2, 0.25) is 0 Å². The quantitative estimate of drug-likeness (QED) is 0.833. The number of hydrogen-bond donors (Lipinski definition) is 1. The highest BCUT2D eigenvalue weighted by Gasteiger charge is 2.03. The van der Waals surface area contributed by atoms with Gasteiger partial charge < -0.3 is 5.73 Å². The smallest absolute Gasteiger partial charge is 0.124 e. The molecule has 0 saturated heterocycles. The predicted octanol–water partition coefficient (Wildman–Crippen LogP) is 4.24. The van der Waals surface area contributed by atoms with E-state index in [-0.39, 0.29) is 5.82 Å². The second-order valence-corrected chi connectivity index (χ2v) is 6.17. The number of benzene rings is 2. The lowest BCUT2D eigenvalue weighted by Gasteiger charge is -2.07. The molecule has 0 unspecified atom stereocenters. The van der Waals surface area contributed by atoms with E-state index in [1.165, 1.54) is 16.7 Å². The van der Waals surface area contributed by atoms with Crippen LogP contribution >= 0.6 is 11.8 Å². The van der Waals surface area contributed by atoms with Crippen molar-refractivity contribution in [2.24, 2.45) is 5.73 Å². The van der Waals surface area contributed by atoms with Gasteiger partial charge in [-0.05, 0) is 56.1 Å². The molecule has 0 heterocycles. The summed E-state index contributed by atoms with van der Waals surface area (Å²) in [6, 6.07) is 11.7. The topological polar surface area (TPSA) is 26.0 Å². The van der Waals surface area contributed by atoms with Crippen LogP contribution in [0.15, 0.2) is 41.3 Å². The summed E-state index contributed by atoms with van der Waals surface area (Å²) < 4.78 is 13.6. The molecule has 2 aromatic rings. The summed E-state index contributed by atoms with van der Waals surface area (Å²) >= 11 is 1.66. The molecule has 0 aromatic heterocycles. The minimum absolute atomic E-state index is 0.182. The first kappa shape index (κ1) is 15.1. The van der Waals surface area contributed by atoms with Gasteiger partial charge in [0, 0.05) is 10.6 Å². The number of aryl methyl sites for hydroxylation is 2. The third kappa shape index (κ3) is 4.36. The third-order valence-corrected chi connectivity index (χ3v) is 4.10. The molecule has 0 spiro atoms. The standard InChI is InChI=1S/C17H20FNS/c1-12-5-13(2)7-15(6-12)11-20-17-9-14(3-4-19)8-16(18)10-17/h5-10H,3-4,11,19H2,1-2H3. The maximum Gasteiger partial charge on any atom is 0.124 e. The number of halogens is 1. The van der Waals surface area contributed by atoms with Gasteiger partial charge >= 0.3 is 0 Å². The Bertz CT molecular complexity index is 575. The second-order valence-electron chi connectivity index (χ2n) is 5.12. The molecule has 2 rings (SSSR count). The summed E-state index contributed by atoms with van der Waals surface area (Å²) in [5.74, 6) is 0.674. The van der Waals surface area contributed by atoms with Gasteiger partial charge in [-0.2, -0.15) is 0 Å². The van der Waals surface area contributed by atoms with Crippen LogP contribution in [0.25, 0.3) is 0 Å². The Morgan fingerprint density at radius 1 is 0.950 bits per heavy atom. The van der Waals surface area contributed by atoms with Crippen molar-refractivity contribution in [3.8, 4) is 0 Å². The fraction of sp³-hybridized carbons (Fsp3) is 0.294. The van der Waals surface area contributed by atoms with Crippen LogP contribution in [0.1, 0.15) is 22.3 Å². The van der Waals surface area contributed by atoms with E-state index >= 15 is 0 Å². The van der Waals surface area contributed by atoms with E-state index < -0.39 is 0 Å². The monoisotopic (exact) mass is 289 g/mol. The molecule has 0 atom stereocenters. The second kappa shape index (κ2) is 6.91. The molecule has 1 nitrogen and oxygen atoms in total. The Kier molecular flexibility index (Phi) is 5.21. The molecule has 0 fully saturated rings. The van der Waals surface area contributed by atoms with Gasteiger partial charge in [0.05, 0.1) is 0 Å². The molecule has 0 aliphatic heterocycles. The van der Waals surface area contributed by atoms with Crippen molar-refractivity contribution in [3.05, 3.63) is 64.5 Å². The molecule has 0 aliphatic rings. The molecule has 3 heteroatoms. The van der Waals surface area contributed by atoms with Gasteiger partial charge in [-0.3, -0.25) is 0 Å². The van der Waals surface area contributed by atoms with Gasteiger partial charge in [-0.1, -0.05) is 29.3 Å². The van der Waals surface area contributed by atoms with Crippen LogP contribution in [0, 0.1) is 19.7 Å². The van der Waals surface area contributed by atoms with E-state index in [0.29, 0.717) is 6.54 Å². The maximum absolute atomic E-state index is 13.6. The van der Waals surface area contributed by atoms with Gasteiger partial charge in [0.1, 0.15) is 5.82 Å². The number of thioether (sulfide) groups is 1. The summed E-state index contributed by atoms with van der Waals surface area (Å²) in [5.41, 5.74) is 10.3. The Morgan fingerprint density at radius 2 is 1.65 bits per heavy atom. The Labute approximate surface area is 124 Å². The molecule has 0 saturated carbocycles. The van der Waals surface area contributed by atoms with Crippen LogP contribution in [-0.4, -0.2) is 6.54 Å². The predicted molar refractivity (Wildman–Crippen MR) is 84.6 cm³/mol. The highest BCUT2D eigenvalue weighted by Crippen LogP contribution is 2.26. The molecule has 0 bridgehead atoms. The third-order valence-electron chi connectivity index (χ3n) is 3.05. The number of rotatable bonds is 5. The van der Waals surface area contributed by atoms with Gasteiger partial charge in [0.25, 0.3) is 0 Å². The Hall–Kier alpha value is -1.32. The van der Waals surface area contributed by atoms with Gasteiger partial charge in [0.15, 0.2) is 0 Å². The van der Waals surface area contributed by atoms with E-state index in [1.807, 2.05) is 6.07 Å². The van der Waals surface area contributed by atoms with E-state index in [1.54, 1.807) is 23.9 Å². The van der Waals surface area contributed by atoms with E-state index in [4.69, 9.17) is 5.73 Å². The Balaban J connectivity index is 2.10. The molecule has 20 heavy (non-hydrogen) atoms. The van der Waals surface area contributed by atoms with Crippen LogP contribution in [0.5, 0.6) is 0 Å². The van der Waals surface area contributed by atoms with Gasteiger partial charge in [-0.15, -0.1) is 11.8 Å². The summed E-state index contributed by atoms with van der Waals surface area (Å²) in [6.07, 6.45) is 0.717. The molecule has 2 aromatic carbocycles. The van der Waals surface area contributed by atoms with E-state index in [2.05, 4.69) is 32.0 Å². The van der Waals surface area contributed by atoms with Crippen LogP contribution in [-0.2, 0) is 12.2 Å². The first-order chi connectivity index (χ1) is 9.56.